The predicted molar refractivity (Wildman–Crippen MR) is 83.6 cm³/mol. The molecule has 0 spiro atoms. The van der Waals surface area contributed by atoms with Crippen molar-refractivity contribution in [2.24, 2.45) is 5.92 Å². The highest BCUT2D eigenvalue weighted by Gasteiger charge is 2.28. The Bertz CT molecular complexity index is 438. The van der Waals surface area contributed by atoms with Crippen LogP contribution in [0.2, 0.25) is 0 Å². The molecule has 1 aromatic heterocycles. The summed E-state index contributed by atoms with van der Waals surface area (Å²) in [7, 11) is 0. The van der Waals surface area contributed by atoms with Gasteiger partial charge in [0.1, 0.15) is 0 Å². The third kappa shape index (κ3) is 3.52. The Morgan fingerprint density at radius 3 is 2.48 bits per heavy atom. The number of nitrogens with zero attached hydrogens (tertiary/aromatic N) is 3. The van der Waals surface area contributed by atoms with E-state index in [9.17, 15) is 0 Å². The van der Waals surface area contributed by atoms with Crippen molar-refractivity contribution in [2.75, 3.05) is 31.1 Å². The molecule has 2 fully saturated rings. The minimum atomic E-state index is 0.364. The smallest absolute Gasteiger partial charge is 0.225 e. The summed E-state index contributed by atoms with van der Waals surface area (Å²) in [6.07, 6.45) is 8.02. The van der Waals surface area contributed by atoms with Gasteiger partial charge in [-0.15, -0.1) is 0 Å². The summed E-state index contributed by atoms with van der Waals surface area (Å²) >= 11 is 0. The molecule has 2 aliphatic rings. The van der Waals surface area contributed by atoms with Gasteiger partial charge in [-0.2, -0.15) is 0 Å². The molecule has 0 aliphatic carbocycles. The molecule has 1 aromatic rings. The lowest BCUT2D eigenvalue weighted by Gasteiger charge is -2.38. The second-order valence-electron chi connectivity index (χ2n) is 6.19. The minimum Gasteiger partial charge on any atom is -0.372 e. The number of aryl methyl sites for hydroxylation is 1. The van der Waals surface area contributed by atoms with Gasteiger partial charge in [-0.1, -0.05) is 6.92 Å². The van der Waals surface area contributed by atoms with Crippen LogP contribution in [0.1, 0.15) is 32.3 Å². The second-order valence-corrected chi connectivity index (χ2v) is 6.19. The van der Waals surface area contributed by atoms with Gasteiger partial charge in [0.15, 0.2) is 0 Å². The maximum Gasteiger partial charge on any atom is 0.225 e. The fourth-order valence-electron chi connectivity index (χ4n) is 3.04. The van der Waals surface area contributed by atoms with Crippen LogP contribution in [0, 0.1) is 5.92 Å². The first-order valence-electron chi connectivity index (χ1n) is 8.18. The molecular weight excluding hydrogens is 264 g/mol. The quantitative estimate of drug-likeness (QED) is 0.893. The average Bonchev–Trinajstić information content (AvgIpc) is 2.51. The number of hydrogen-bond acceptors (Lipinski definition) is 5. The first kappa shape index (κ1) is 14.7. The van der Waals surface area contributed by atoms with Gasteiger partial charge in [0.2, 0.25) is 5.95 Å². The van der Waals surface area contributed by atoms with Crippen molar-refractivity contribution in [3.05, 3.63) is 18.0 Å². The van der Waals surface area contributed by atoms with Crippen molar-refractivity contribution in [2.45, 2.75) is 45.3 Å². The summed E-state index contributed by atoms with van der Waals surface area (Å²) < 4.78 is 6.08. The maximum absolute atomic E-state index is 6.08. The van der Waals surface area contributed by atoms with Crippen molar-refractivity contribution in [3.8, 4) is 0 Å². The van der Waals surface area contributed by atoms with Crippen LogP contribution in [-0.2, 0) is 11.2 Å². The highest BCUT2D eigenvalue weighted by Crippen LogP contribution is 2.25. The zero-order valence-electron chi connectivity index (χ0n) is 13.1. The van der Waals surface area contributed by atoms with E-state index in [0.717, 1.165) is 38.5 Å². The SMILES string of the molecule is CCc1cnc(N2CCC(C(C)OC3CNC3)CC2)nc1. The van der Waals surface area contributed by atoms with Crippen LogP contribution in [0.25, 0.3) is 0 Å². The van der Waals surface area contributed by atoms with E-state index < -0.39 is 0 Å². The topological polar surface area (TPSA) is 50.3 Å². The molecule has 3 heterocycles. The summed E-state index contributed by atoms with van der Waals surface area (Å²) in [5.41, 5.74) is 1.20. The minimum absolute atomic E-state index is 0.364. The van der Waals surface area contributed by atoms with Gasteiger partial charge in [-0.25, -0.2) is 9.97 Å². The van der Waals surface area contributed by atoms with Crippen LogP contribution in [0.15, 0.2) is 12.4 Å². The summed E-state index contributed by atoms with van der Waals surface area (Å²) in [5, 5.41) is 3.26. The Balaban J connectivity index is 1.49. The number of nitrogens with one attached hydrogen (secondary N) is 1. The Morgan fingerprint density at radius 2 is 1.95 bits per heavy atom. The molecule has 0 radical (unpaired) electrons. The molecule has 5 nitrogen and oxygen atoms in total. The van der Waals surface area contributed by atoms with Gasteiger partial charge in [0, 0.05) is 38.6 Å². The summed E-state index contributed by atoms with van der Waals surface area (Å²) in [6, 6.07) is 0. The lowest BCUT2D eigenvalue weighted by atomic mass is 9.92. The van der Waals surface area contributed by atoms with Crippen LogP contribution < -0.4 is 10.2 Å². The Hall–Kier alpha value is -1.20. The van der Waals surface area contributed by atoms with Gasteiger partial charge < -0.3 is 15.0 Å². The molecule has 1 unspecified atom stereocenters. The third-order valence-corrected chi connectivity index (χ3v) is 4.74. The predicted octanol–water partition coefficient (Wildman–Crippen LogP) is 1.63. The van der Waals surface area contributed by atoms with Gasteiger partial charge >= 0.3 is 0 Å². The zero-order chi connectivity index (χ0) is 14.7. The van der Waals surface area contributed by atoms with Crippen molar-refractivity contribution >= 4 is 5.95 Å². The number of hydrogen-bond donors (Lipinski definition) is 1. The first-order chi connectivity index (χ1) is 10.3. The standard InChI is InChI=1S/C16H26N4O/c1-3-13-8-18-16(19-9-13)20-6-4-14(5-7-20)12(2)21-15-10-17-11-15/h8-9,12,14-15,17H,3-7,10-11H2,1-2H3. The van der Waals surface area contributed by atoms with Gasteiger partial charge in [-0.05, 0) is 37.7 Å². The summed E-state index contributed by atoms with van der Waals surface area (Å²) in [5.74, 6) is 1.54. The first-order valence-corrected chi connectivity index (χ1v) is 8.18. The van der Waals surface area contributed by atoms with Crippen LogP contribution in [0.3, 0.4) is 0 Å². The molecule has 0 amide bonds. The maximum atomic E-state index is 6.08. The normalized spacial score (nSPS) is 22.1. The lowest BCUT2D eigenvalue weighted by molar-refractivity contribution is -0.0587. The van der Waals surface area contributed by atoms with Crippen molar-refractivity contribution in [1.29, 1.82) is 0 Å². The third-order valence-electron chi connectivity index (χ3n) is 4.74. The molecule has 0 bridgehead atoms. The van der Waals surface area contributed by atoms with Crippen molar-refractivity contribution in [3.63, 3.8) is 0 Å². The van der Waals surface area contributed by atoms with E-state index in [1.807, 2.05) is 12.4 Å². The number of piperidine rings is 1. The molecule has 116 valence electrons. The van der Waals surface area contributed by atoms with E-state index in [-0.39, 0.29) is 0 Å². The van der Waals surface area contributed by atoms with Crippen LogP contribution in [-0.4, -0.2) is 48.4 Å². The number of rotatable bonds is 5. The molecule has 21 heavy (non-hydrogen) atoms. The number of ether oxygens (including phenoxy) is 1. The van der Waals surface area contributed by atoms with E-state index >= 15 is 0 Å². The zero-order valence-corrected chi connectivity index (χ0v) is 13.1. The highest BCUT2D eigenvalue weighted by molar-refractivity contribution is 5.30. The van der Waals surface area contributed by atoms with E-state index in [1.165, 1.54) is 18.4 Å². The monoisotopic (exact) mass is 290 g/mol. The van der Waals surface area contributed by atoms with Crippen LogP contribution >= 0.6 is 0 Å². The molecule has 0 aromatic carbocycles. The fraction of sp³-hybridized carbons (Fsp3) is 0.750. The van der Waals surface area contributed by atoms with Gasteiger partial charge in [0.25, 0.3) is 0 Å². The molecule has 0 saturated carbocycles. The van der Waals surface area contributed by atoms with Crippen molar-refractivity contribution in [1.82, 2.24) is 15.3 Å². The van der Waals surface area contributed by atoms with Crippen LogP contribution in [0.5, 0.6) is 0 Å². The second kappa shape index (κ2) is 6.71. The largest absolute Gasteiger partial charge is 0.372 e. The van der Waals surface area contributed by atoms with Crippen LogP contribution in [0.4, 0.5) is 5.95 Å². The average molecular weight is 290 g/mol. The van der Waals surface area contributed by atoms with E-state index in [4.69, 9.17) is 4.74 Å². The summed E-state index contributed by atoms with van der Waals surface area (Å²) in [6.45, 7) is 8.45. The molecule has 1 atom stereocenters. The summed E-state index contributed by atoms with van der Waals surface area (Å²) in [4.78, 5) is 11.3. The number of aromatic nitrogens is 2. The van der Waals surface area contributed by atoms with E-state index in [0.29, 0.717) is 18.1 Å². The lowest BCUT2D eigenvalue weighted by Crippen LogP contribution is -2.51. The van der Waals surface area contributed by atoms with Crippen molar-refractivity contribution < 1.29 is 4.74 Å². The van der Waals surface area contributed by atoms with Gasteiger partial charge in [0.05, 0.1) is 12.2 Å². The molecular formula is C16H26N4O. The van der Waals surface area contributed by atoms with E-state index in [2.05, 4.69) is 34.0 Å². The molecule has 3 rings (SSSR count). The Kier molecular flexibility index (Phi) is 4.70. The Morgan fingerprint density at radius 1 is 1.29 bits per heavy atom. The number of anilines is 1. The van der Waals surface area contributed by atoms with Gasteiger partial charge in [-0.3, -0.25) is 0 Å². The Labute approximate surface area is 127 Å². The fourth-order valence-corrected chi connectivity index (χ4v) is 3.04. The molecule has 2 saturated heterocycles. The molecule has 1 N–H and O–H groups in total. The molecule has 2 aliphatic heterocycles. The highest BCUT2D eigenvalue weighted by atomic mass is 16.5. The van der Waals surface area contributed by atoms with E-state index in [1.54, 1.807) is 0 Å². The molecule has 5 heteroatoms.